The molecule has 2 aliphatic rings. The first kappa shape index (κ1) is 21.6. The van der Waals surface area contributed by atoms with Crippen molar-refractivity contribution in [3.63, 3.8) is 0 Å². The number of hydrogen-bond acceptors (Lipinski definition) is 6. The lowest BCUT2D eigenvalue weighted by molar-refractivity contribution is -0.138. The van der Waals surface area contributed by atoms with Gasteiger partial charge in [0.15, 0.2) is 5.78 Å². The Kier molecular flexibility index (Phi) is 6.15. The van der Waals surface area contributed by atoms with Gasteiger partial charge in [0.05, 0.1) is 22.0 Å². The Hall–Kier alpha value is -2.65. The van der Waals surface area contributed by atoms with Gasteiger partial charge in [-0.3, -0.25) is 19.4 Å². The van der Waals surface area contributed by atoms with E-state index in [9.17, 15) is 18.8 Å². The number of alkyl halides is 1. The number of nitrogens with zero attached hydrogens (tertiary/aromatic N) is 2. The number of halogens is 1. The summed E-state index contributed by atoms with van der Waals surface area (Å²) in [5, 5.41) is 2.80. The van der Waals surface area contributed by atoms with Crippen LogP contribution < -0.4 is 5.32 Å². The predicted molar refractivity (Wildman–Crippen MR) is 113 cm³/mol. The maximum absolute atomic E-state index is 14.3. The second-order valence-electron chi connectivity index (χ2n) is 8.23. The van der Waals surface area contributed by atoms with Gasteiger partial charge in [-0.1, -0.05) is 19.9 Å². The fraction of sp³-hybridized carbons (Fsp3) is 0.455. The summed E-state index contributed by atoms with van der Waals surface area (Å²) in [7, 11) is 0. The van der Waals surface area contributed by atoms with Gasteiger partial charge in [-0.05, 0) is 36.6 Å². The fourth-order valence-electron chi connectivity index (χ4n) is 4.05. The third kappa shape index (κ3) is 4.38. The summed E-state index contributed by atoms with van der Waals surface area (Å²) in [5.74, 6) is -1.02. The van der Waals surface area contributed by atoms with Crippen LogP contribution in [0.4, 0.5) is 4.39 Å². The maximum atomic E-state index is 14.3. The van der Waals surface area contributed by atoms with Crippen LogP contribution in [0.3, 0.4) is 0 Å². The highest BCUT2D eigenvalue weighted by molar-refractivity contribution is 7.17. The van der Waals surface area contributed by atoms with Gasteiger partial charge < -0.3 is 15.0 Å². The van der Waals surface area contributed by atoms with Crippen LogP contribution in [0.1, 0.15) is 29.9 Å². The quantitative estimate of drug-likeness (QED) is 0.738. The summed E-state index contributed by atoms with van der Waals surface area (Å²) in [6.07, 6.45) is -0.260. The minimum atomic E-state index is -1.41. The number of thiophene rings is 1. The number of carbonyl (C=O) groups is 3. The first-order valence-corrected chi connectivity index (χ1v) is 11.1. The molecule has 2 aromatic rings. The van der Waals surface area contributed by atoms with Crippen LogP contribution in [0.25, 0.3) is 10.6 Å². The van der Waals surface area contributed by atoms with E-state index in [0.29, 0.717) is 11.3 Å². The molecular weight excluding hydrogens is 421 g/mol. The molecule has 9 heteroatoms. The summed E-state index contributed by atoms with van der Waals surface area (Å²) in [6, 6.07) is 7.29. The summed E-state index contributed by atoms with van der Waals surface area (Å²) >= 11 is 1.28. The molecule has 31 heavy (non-hydrogen) atoms. The van der Waals surface area contributed by atoms with E-state index >= 15 is 0 Å². The van der Waals surface area contributed by atoms with Crippen LogP contribution in [0, 0.1) is 5.92 Å². The lowest BCUT2D eigenvalue weighted by Gasteiger charge is -2.28. The number of ether oxygens (including phenoxy) is 1. The second-order valence-corrected chi connectivity index (χ2v) is 9.31. The SMILES string of the molecule is CC(C)C[C@H](NC(=O)c1ccc(-c2ccccn2)s1)C(=O)N1C[C@H](F)[C@H]2OCC(=O)[C@H]21. The number of hydrogen-bond donors (Lipinski definition) is 1. The van der Waals surface area contributed by atoms with E-state index in [1.54, 1.807) is 12.3 Å². The zero-order chi connectivity index (χ0) is 22.1. The van der Waals surface area contributed by atoms with Crippen LogP contribution in [0.5, 0.6) is 0 Å². The number of pyridine rings is 1. The molecule has 4 rings (SSSR count). The number of fused-ring (bicyclic) bond motifs is 1. The van der Waals surface area contributed by atoms with Crippen LogP contribution in [0.2, 0.25) is 0 Å². The van der Waals surface area contributed by atoms with Crippen molar-refractivity contribution in [3.05, 3.63) is 41.4 Å². The Morgan fingerprint density at radius 3 is 2.84 bits per heavy atom. The van der Waals surface area contributed by atoms with Gasteiger partial charge in [0.2, 0.25) is 5.91 Å². The van der Waals surface area contributed by atoms with E-state index in [0.717, 1.165) is 10.6 Å². The number of nitrogens with one attached hydrogen (secondary N) is 1. The molecule has 2 amide bonds. The number of rotatable bonds is 6. The minimum absolute atomic E-state index is 0.108. The van der Waals surface area contributed by atoms with E-state index in [1.165, 1.54) is 16.2 Å². The summed E-state index contributed by atoms with van der Waals surface area (Å²) in [4.78, 5) is 45.1. The standard InChI is InChI=1S/C22H24FN3O4S/c1-12(2)9-15(22(29)26-10-13(23)20-19(26)16(27)11-30-20)25-21(28)18-7-6-17(31-18)14-5-3-4-8-24-14/h3-8,12-13,15,19-20H,9-11H2,1-2H3,(H,25,28)/t13-,15-,19+,20+/m0/s1. The van der Waals surface area contributed by atoms with Crippen molar-refractivity contribution in [2.45, 2.75) is 44.6 Å². The molecule has 0 aliphatic carbocycles. The molecule has 1 N–H and O–H groups in total. The Balaban J connectivity index is 1.51. The number of ketones is 1. The third-order valence-electron chi connectivity index (χ3n) is 5.46. The molecule has 0 aromatic carbocycles. The van der Waals surface area contributed by atoms with Crippen molar-refractivity contribution in [3.8, 4) is 10.6 Å². The Bertz CT molecular complexity index is 980. The van der Waals surface area contributed by atoms with Gasteiger partial charge >= 0.3 is 0 Å². The third-order valence-corrected chi connectivity index (χ3v) is 6.57. The molecular formula is C22H24FN3O4S. The molecule has 2 aromatic heterocycles. The summed E-state index contributed by atoms with van der Waals surface area (Å²) < 4.78 is 19.5. The molecule has 2 saturated heterocycles. The largest absolute Gasteiger partial charge is 0.365 e. The molecule has 4 atom stereocenters. The van der Waals surface area contributed by atoms with Crippen molar-refractivity contribution in [1.29, 1.82) is 0 Å². The normalized spacial score (nSPS) is 23.8. The van der Waals surface area contributed by atoms with E-state index in [4.69, 9.17) is 4.74 Å². The topological polar surface area (TPSA) is 88.6 Å². The van der Waals surface area contributed by atoms with Gasteiger partial charge in [-0.15, -0.1) is 11.3 Å². The summed E-state index contributed by atoms with van der Waals surface area (Å²) in [5.41, 5.74) is 0.762. The number of Topliss-reactive ketones (excluding diaryl/α,β-unsaturated/α-hetero) is 1. The molecule has 2 aliphatic heterocycles. The van der Waals surface area contributed by atoms with E-state index in [-0.39, 0.29) is 30.8 Å². The first-order chi connectivity index (χ1) is 14.8. The lowest BCUT2D eigenvalue weighted by Crippen LogP contribution is -2.52. The number of amides is 2. The molecule has 0 bridgehead atoms. The smallest absolute Gasteiger partial charge is 0.262 e. The second kappa shape index (κ2) is 8.84. The van der Waals surface area contributed by atoms with Crippen molar-refractivity contribution < 1.29 is 23.5 Å². The minimum Gasteiger partial charge on any atom is -0.365 e. The molecule has 2 fully saturated rings. The van der Waals surface area contributed by atoms with E-state index in [1.807, 2.05) is 38.1 Å². The van der Waals surface area contributed by atoms with Crippen LogP contribution in [-0.2, 0) is 14.3 Å². The van der Waals surface area contributed by atoms with Crippen molar-refractivity contribution in [2.24, 2.45) is 5.92 Å². The maximum Gasteiger partial charge on any atom is 0.262 e. The molecule has 164 valence electrons. The Morgan fingerprint density at radius 2 is 2.13 bits per heavy atom. The van der Waals surface area contributed by atoms with Gasteiger partial charge in [0.1, 0.15) is 31.0 Å². The summed E-state index contributed by atoms with van der Waals surface area (Å²) in [6.45, 7) is 3.48. The molecule has 4 heterocycles. The highest BCUT2D eigenvalue weighted by Gasteiger charge is 2.53. The van der Waals surface area contributed by atoms with Crippen LogP contribution in [-0.4, -0.2) is 65.0 Å². The van der Waals surface area contributed by atoms with E-state index < -0.39 is 30.3 Å². The molecule has 0 unspecified atom stereocenters. The van der Waals surface area contributed by atoms with Gasteiger partial charge in [0, 0.05) is 6.20 Å². The molecule has 7 nitrogen and oxygen atoms in total. The highest BCUT2D eigenvalue weighted by atomic mass is 32.1. The average molecular weight is 446 g/mol. The van der Waals surface area contributed by atoms with Crippen LogP contribution >= 0.6 is 11.3 Å². The highest BCUT2D eigenvalue weighted by Crippen LogP contribution is 2.31. The zero-order valence-electron chi connectivity index (χ0n) is 17.3. The number of aromatic nitrogens is 1. The Morgan fingerprint density at radius 1 is 1.32 bits per heavy atom. The molecule has 0 saturated carbocycles. The van der Waals surface area contributed by atoms with Crippen molar-refractivity contribution >= 4 is 28.9 Å². The van der Waals surface area contributed by atoms with Gasteiger partial charge in [-0.25, -0.2) is 4.39 Å². The first-order valence-electron chi connectivity index (χ1n) is 10.3. The van der Waals surface area contributed by atoms with Gasteiger partial charge in [-0.2, -0.15) is 0 Å². The lowest BCUT2D eigenvalue weighted by atomic mass is 10.0. The van der Waals surface area contributed by atoms with Crippen molar-refractivity contribution in [2.75, 3.05) is 13.2 Å². The molecule has 0 spiro atoms. The zero-order valence-corrected chi connectivity index (χ0v) is 18.1. The monoisotopic (exact) mass is 445 g/mol. The van der Waals surface area contributed by atoms with E-state index in [2.05, 4.69) is 10.3 Å². The van der Waals surface area contributed by atoms with Crippen molar-refractivity contribution in [1.82, 2.24) is 15.2 Å². The predicted octanol–water partition coefficient (Wildman–Crippen LogP) is 2.47. The number of carbonyl (C=O) groups excluding carboxylic acids is 3. The molecule has 0 radical (unpaired) electrons. The fourth-order valence-corrected chi connectivity index (χ4v) is 4.94. The average Bonchev–Trinajstić information content (AvgIpc) is 3.45. The van der Waals surface area contributed by atoms with Crippen LogP contribution in [0.15, 0.2) is 36.5 Å². The number of likely N-dealkylation sites (tertiary alicyclic amines) is 1. The Labute approximate surface area is 183 Å². The van der Waals surface area contributed by atoms with Gasteiger partial charge in [0.25, 0.3) is 5.91 Å².